The minimum Gasteiger partial charge on any atom is -0.493 e. The van der Waals surface area contributed by atoms with Crippen LogP contribution in [0.25, 0.3) is 10.2 Å². The number of benzene rings is 1. The number of methoxy groups -OCH3 is 1. The maximum atomic E-state index is 12.4. The van der Waals surface area contributed by atoms with Gasteiger partial charge >= 0.3 is 0 Å². The molecule has 0 saturated carbocycles. The summed E-state index contributed by atoms with van der Waals surface area (Å²) in [7, 11) is 3.49. The lowest BCUT2D eigenvalue weighted by Crippen LogP contribution is -2.21. The summed E-state index contributed by atoms with van der Waals surface area (Å²) < 4.78 is 12.7. The van der Waals surface area contributed by atoms with Gasteiger partial charge in [-0.3, -0.25) is 9.48 Å². The zero-order chi connectivity index (χ0) is 18.0. The van der Waals surface area contributed by atoms with Crippen LogP contribution in [0.5, 0.6) is 11.5 Å². The molecule has 0 aliphatic carbocycles. The van der Waals surface area contributed by atoms with Crippen LogP contribution in [0.4, 0.5) is 0 Å². The number of carbonyl (C=O) groups is 1. The van der Waals surface area contributed by atoms with Crippen LogP contribution in [0, 0.1) is 6.92 Å². The molecule has 0 spiro atoms. The number of aryl methyl sites for hydroxylation is 2. The molecule has 1 N–H and O–H groups in total. The molecule has 0 saturated heterocycles. The van der Waals surface area contributed by atoms with E-state index in [9.17, 15) is 4.79 Å². The maximum Gasteiger partial charge on any atom is 0.261 e. The van der Waals surface area contributed by atoms with Gasteiger partial charge in [0, 0.05) is 19.0 Å². The molecule has 3 aromatic rings. The minimum absolute atomic E-state index is 0.0894. The molecule has 2 heterocycles. The summed E-state index contributed by atoms with van der Waals surface area (Å²) >= 11 is 1.45. The van der Waals surface area contributed by atoms with Gasteiger partial charge in [-0.15, -0.1) is 11.3 Å². The van der Waals surface area contributed by atoms with E-state index in [1.807, 2.05) is 49.8 Å². The Bertz CT molecular complexity index is 879. The van der Waals surface area contributed by atoms with Gasteiger partial charge in [0.05, 0.1) is 24.3 Å². The number of hydrogen-bond donors (Lipinski definition) is 1. The first kappa shape index (κ1) is 17.3. The molecule has 3 rings (SSSR count). The number of nitrogens with one attached hydrogen (secondary N) is 1. The van der Waals surface area contributed by atoms with Gasteiger partial charge in [0.1, 0.15) is 4.83 Å². The number of amides is 1. The molecule has 1 aromatic carbocycles. The topological polar surface area (TPSA) is 65.4 Å². The summed E-state index contributed by atoms with van der Waals surface area (Å²) in [5.41, 5.74) is 1.89. The van der Waals surface area contributed by atoms with E-state index in [1.165, 1.54) is 11.3 Å². The van der Waals surface area contributed by atoms with Crippen molar-refractivity contribution in [3.8, 4) is 11.5 Å². The van der Waals surface area contributed by atoms with Gasteiger partial charge in [-0.1, -0.05) is 6.07 Å². The van der Waals surface area contributed by atoms with Crippen LogP contribution in [-0.2, 0) is 13.6 Å². The van der Waals surface area contributed by atoms with Crippen LogP contribution >= 0.6 is 11.3 Å². The van der Waals surface area contributed by atoms with Crippen LogP contribution in [0.1, 0.15) is 27.9 Å². The maximum absolute atomic E-state index is 12.4. The van der Waals surface area contributed by atoms with Gasteiger partial charge in [0.25, 0.3) is 5.91 Å². The van der Waals surface area contributed by atoms with Crippen LogP contribution in [0.2, 0.25) is 0 Å². The van der Waals surface area contributed by atoms with Crippen molar-refractivity contribution in [2.24, 2.45) is 7.05 Å². The number of ether oxygens (including phenoxy) is 2. The normalized spacial score (nSPS) is 10.9. The quantitative estimate of drug-likeness (QED) is 0.733. The van der Waals surface area contributed by atoms with E-state index >= 15 is 0 Å². The Labute approximate surface area is 150 Å². The first-order chi connectivity index (χ1) is 12.0. The molecule has 0 aliphatic heterocycles. The minimum atomic E-state index is -0.0894. The third-order valence-electron chi connectivity index (χ3n) is 3.90. The van der Waals surface area contributed by atoms with Crippen LogP contribution in [0.15, 0.2) is 24.3 Å². The summed E-state index contributed by atoms with van der Waals surface area (Å²) in [5, 5.41) is 8.34. The second-order valence-corrected chi connectivity index (χ2v) is 6.67. The van der Waals surface area contributed by atoms with E-state index in [1.54, 1.807) is 7.11 Å². The van der Waals surface area contributed by atoms with E-state index in [2.05, 4.69) is 10.4 Å². The SMILES string of the molecule is CCOc1ccc(CNC(=O)c2cc3c(C)nn(C)c3s2)cc1OC. The number of carbonyl (C=O) groups excluding carboxylic acids is 1. The highest BCUT2D eigenvalue weighted by atomic mass is 32.1. The number of rotatable bonds is 6. The molecule has 2 aromatic heterocycles. The van der Waals surface area contributed by atoms with E-state index in [0.717, 1.165) is 21.5 Å². The molecular formula is C18H21N3O3S. The van der Waals surface area contributed by atoms with Gasteiger partial charge < -0.3 is 14.8 Å². The van der Waals surface area contributed by atoms with Crippen molar-refractivity contribution in [1.29, 1.82) is 0 Å². The Morgan fingerprint density at radius 2 is 2.12 bits per heavy atom. The number of aromatic nitrogens is 2. The van der Waals surface area contributed by atoms with Crippen molar-refractivity contribution in [2.75, 3.05) is 13.7 Å². The highest BCUT2D eigenvalue weighted by Crippen LogP contribution is 2.29. The molecular weight excluding hydrogens is 338 g/mol. The molecule has 7 heteroatoms. The van der Waals surface area contributed by atoms with Crippen LogP contribution < -0.4 is 14.8 Å². The molecule has 1 amide bonds. The molecule has 6 nitrogen and oxygen atoms in total. The van der Waals surface area contributed by atoms with Gasteiger partial charge in [-0.25, -0.2) is 0 Å². The first-order valence-corrected chi connectivity index (χ1v) is 8.86. The monoisotopic (exact) mass is 359 g/mol. The smallest absolute Gasteiger partial charge is 0.261 e. The molecule has 0 aliphatic rings. The number of thiophene rings is 1. The fourth-order valence-electron chi connectivity index (χ4n) is 2.68. The standard InChI is InChI=1S/C18H21N3O3S/c1-5-24-14-7-6-12(8-15(14)23-4)10-19-17(22)16-9-13-11(2)20-21(3)18(13)25-16/h6-9H,5,10H2,1-4H3,(H,19,22). The number of hydrogen-bond acceptors (Lipinski definition) is 5. The first-order valence-electron chi connectivity index (χ1n) is 8.04. The average Bonchev–Trinajstić information content (AvgIpc) is 3.16. The third-order valence-corrected chi connectivity index (χ3v) is 5.10. The Hall–Kier alpha value is -2.54. The van der Waals surface area contributed by atoms with Crippen molar-refractivity contribution in [1.82, 2.24) is 15.1 Å². The van der Waals surface area contributed by atoms with Crippen molar-refractivity contribution < 1.29 is 14.3 Å². The van der Waals surface area contributed by atoms with Gasteiger partial charge in [0.2, 0.25) is 0 Å². The fraction of sp³-hybridized carbons (Fsp3) is 0.333. The van der Waals surface area contributed by atoms with Crippen molar-refractivity contribution in [3.63, 3.8) is 0 Å². The van der Waals surface area contributed by atoms with Crippen LogP contribution in [-0.4, -0.2) is 29.4 Å². The second kappa shape index (κ2) is 7.14. The Morgan fingerprint density at radius 3 is 2.80 bits per heavy atom. The van der Waals surface area contributed by atoms with Crippen molar-refractivity contribution in [2.45, 2.75) is 20.4 Å². The summed E-state index contributed by atoms with van der Waals surface area (Å²) in [4.78, 5) is 14.1. The van der Waals surface area contributed by atoms with E-state index in [-0.39, 0.29) is 5.91 Å². The lowest BCUT2D eigenvalue weighted by molar-refractivity contribution is 0.0955. The van der Waals surface area contributed by atoms with Crippen molar-refractivity contribution >= 4 is 27.5 Å². The van der Waals surface area contributed by atoms with Gasteiger partial charge in [0.15, 0.2) is 11.5 Å². The highest BCUT2D eigenvalue weighted by molar-refractivity contribution is 7.20. The van der Waals surface area contributed by atoms with Crippen molar-refractivity contribution in [3.05, 3.63) is 40.4 Å². The Balaban J connectivity index is 1.71. The molecule has 25 heavy (non-hydrogen) atoms. The molecule has 132 valence electrons. The average molecular weight is 359 g/mol. The van der Waals surface area contributed by atoms with E-state index in [4.69, 9.17) is 9.47 Å². The fourth-order valence-corrected chi connectivity index (χ4v) is 3.72. The summed E-state index contributed by atoms with van der Waals surface area (Å²) in [5.74, 6) is 1.28. The van der Waals surface area contributed by atoms with Gasteiger partial charge in [-0.2, -0.15) is 5.10 Å². The predicted octanol–water partition coefficient (Wildman–Crippen LogP) is 3.28. The summed E-state index contributed by atoms with van der Waals surface area (Å²) in [6, 6.07) is 7.56. The Kier molecular flexibility index (Phi) is 4.94. The van der Waals surface area contributed by atoms with E-state index in [0.29, 0.717) is 29.5 Å². The molecule has 0 radical (unpaired) electrons. The molecule has 0 atom stereocenters. The third kappa shape index (κ3) is 3.46. The number of fused-ring (bicyclic) bond motifs is 1. The molecule has 0 bridgehead atoms. The largest absolute Gasteiger partial charge is 0.493 e. The number of nitrogens with zero attached hydrogens (tertiary/aromatic N) is 2. The Morgan fingerprint density at radius 1 is 1.32 bits per heavy atom. The molecule has 0 unspecified atom stereocenters. The van der Waals surface area contributed by atoms with Gasteiger partial charge in [-0.05, 0) is 37.6 Å². The molecule has 0 fully saturated rings. The van der Waals surface area contributed by atoms with E-state index < -0.39 is 0 Å². The highest BCUT2D eigenvalue weighted by Gasteiger charge is 2.15. The second-order valence-electron chi connectivity index (χ2n) is 5.64. The summed E-state index contributed by atoms with van der Waals surface area (Å²) in [6.07, 6.45) is 0. The summed E-state index contributed by atoms with van der Waals surface area (Å²) in [6.45, 7) is 4.87. The zero-order valence-electron chi connectivity index (χ0n) is 14.8. The zero-order valence-corrected chi connectivity index (χ0v) is 15.6. The van der Waals surface area contributed by atoms with Crippen LogP contribution in [0.3, 0.4) is 0 Å². The lowest BCUT2D eigenvalue weighted by atomic mass is 10.2. The predicted molar refractivity (Wildman–Crippen MR) is 98.7 cm³/mol. The lowest BCUT2D eigenvalue weighted by Gasteiger charge is -2.11.